The van der Waals surface area contributed by atoms with Crippen LogP contribution >= 0.6 is 0 Å². The highest BCUT2D eigenvalue weighted by Gasteiger charge is 2.20. The summed E-state index contributed by atoms with van der Waals surface area (Å²) in [6.07, 6.45) is 0. The number of esters is 1. The maximum absolute atomic E-state index is 11.5. The number of rotatable bonds is 4. The van der Waals surface area contributed by atoms with Crippen molar-refractivity contribution in [3.8, 4) is 11.5 Å². The van der Waals surface area contributed by atoms with E-state index in [0.29, 0.717) is 17.1 Å². The molecule has 2 aromatic rings. The number of benzene rings is 2. The van der Waals surface area contributed by atoms with Gasteiger partial charge in [0.25, 0.3) is 0 Å². The maximum atomic E-state index is 11.5. The standard InChI is InChI=1S/C15H15NO3/c1-18-15(17)14(16)12-9-5-6-10-13(12)19-11-7-3-2-4-8-11/h2-10,14H,16H2,1H3. The van der Waals surface area contributed by atoms with E-state index in [4.69, 9.17) is 10.5 Å². The lowest BCUT2D eigenvalue weighted by Gasteiger charge is -2.15. The molecule has 0 radical (unpaired) electrons. The minimum Gasteiger partial charge on any atom is -0.468 e. The third kappa shape index (κ3) is 3.11. The first-order chi connectivity index (χ1) is 9.22. The van der Waals surface area contributed by atoms with Crippen molar-refractivity contribution in [2.24, 2.45) is 5.73 Å². The van der Waals surface area contributed by atoms with Crippen molar-refractivity contribution in [3.05, 3.63) is 60.2 Å². The molecule has 0 amide bonds. The number of para-hydroxylation sites is 2. The molecule has 0 fully saturated rings. The van der Waals surface area contributed by atoms with Crippen molar-refractivity contribution in [1.29, 1.82) is 0 Å². The predicted octanol–water partition coefficient (Wildman–Crippen LogP) is 2.65. The van der Waals surface area contributed by atoms with Crippen LogP contribution in [-0.2, 0) is 9.53 Å². The van der Waals surface area contributed by atoms with E-state index in [2.05, 4.69) is 4.74 Å². The Labute approximate surface area is 111 Å². The Hall–Kier alpha value is -2.33. The van der Waals surface area contributed by atoms with Crippen molar-refractivity contribution in [1.82, 2.24) is 0 Å². The van der Waals surface area contributed by atoms with Crippen molar-refractivity contribution in [2.75, 3.05) is 7.11 Å². The van der Waals surface area contributed by atoms with E-state index in [1.54, 1.807) is 18.2 Å². The van der Waals surface area contributed by atoms with Gasteiger partial charge in [0.2, 0.25) is 0 Å². The van der Waals surface area contributed by atoms with Crippen molar-refractivity contribution in [2.45, 2.75) is 6.04 Å². The Morgan fingerprint density at radius 3 is 2.37 bits per heavy atom. The normalized spacial score (nSPS) is 11.7. The van der Waals surface area contributed by atoms with E-state index in [1.165, 1.54) is 7.11 Å². The molecule has 0 aliphatic heterocycles. The first-order valence-electron chi connectivity index (χ1n) is 5.87. The van der Waals surface area contributed by atoms with Crippen LogP contribution in [0.2, 0.25) is 0 Å². The Balaban J connectivity index is 2.29. The molecule has 0 spiro atoms. The van der Waals surface area contributed by atoms with Gasteiger partial charge in [-0.15, -0.1) is 0 Å². The van der Waals surface area contributed by atoms with Crippen LogP contribution in [0.5, 0.6) is 11.5 Å². The van der Waals surface area contributed by atoms with Crippen LogP contribution < -0.4 is 10.5 Å². The summed E-state index contributed by atoms with van der Waals surface area (Å²) in [5, 5.41) is 0. The van der Waals surface area contributed by atoms with Gasteiger partial charge >= 0.3 is 5.97 Å². The van der Waals surface area contributed by atoms with Crippen LogP contribution in [-0.4, -0.2) is 13.1 Å². The summed E-state index contributed by atoms with van der Waals surface area (Å²) in [5.74, 6) is 0.739. The van der Waals surface area contributed by atoms with Gasteiger partial charge in [0, 0.05) is 5.56 Å². The molecule has 0 saturated heterocycles. The van der Waals surface area contributed by atoms with E-state index >= 15 is 0 Å². The first kappa shape index (κ1) is 13.1. The third-order valence-electron chi connectivity index (χ3n) is 2.68. The lowest BCUT2D eigenvalue weighted by molar-refractivity contribution is -0.142. The van der Waals surface area contributed by atoms with E-state index in [-0.39, 0.29) is 0 Å². The summed E-state index contributed by atoms with van der Waals surface area (Å²) in [5.41, 5.74) is 6.44. The third-order valence-corrected chi connectivity index (χ3v) is 2.68. The number of nitrogens with two attached hydrogens (primary N) is 1. The summed E-state index contributed by atoms with van der Waals surface area (Å²) in [4.78, 5) is 11.5. The monoisotopic (exact) mass is 257 g/mol. The molecule has 0 heterocycles. The van der Waals surface area contributed by atoms with Gasteiger partial charge in [0.05, 0.1) is 7.11 Å². The fourth-order valence-electron chi connectivity index (χ4n) is 1.70. The second kappa shape index (κ2) is 6.02. The molecule has 4 heteroatoms. The van der Waals surface area contributed by atoms with Crippen LogP contribution in [0, 0.1) is 0 Å². The topological polar surface area (TPSA) is 61.5 Å². The molecule has 0 bridgehead atoms. The zero-order valence-corrected chi connectivity index (χ0v) is 10.6. The van der Waals surface area contributed by atoms with E-state index < -0.39 is 12.0 Å². The Bertz CT molecular complexity index is 554. The molecular weight excluding hydrogens is 242 g/mol. The molecule has 0 saturated carbocycles. The Kier molecular flexibility index (Phi) is 4.15. The van der Waals surface area contributed by atoms with E-state index in [9.17, 15) is 4.79 Å². The summed E-state index contributed by atoms with van der Waals surface area (Å²) < 4.78 is 10.4. The molecule has 0 aliphatic rings. The first-order valence-corrected chi connectivity index (χ1v) is 5.87. The number of hydrogen-bond donors (Lipinski definition) is 1. The van der Waals surface area contributed by atoms with Gasteiger partial charge in [-0.1, -0.05) is 36.4 Å². The molecule has 0 aromatic heterocycles. The zero-order valence-electron chi connectivity index (χ0n) is 10.6. The summed E-state index contributed by atoms with van der Waals surface area (Å²) in [7, 11) is 1.31. The lowest BCUT2D eigenvalue weighted by atomic mass is 10.1. The number of hydrogen-bond acceptors (Lipinski definition) is 4. The molecule has 19 heavy (non-hydrogen) atoms. The molecule has 2 rings (SSSR count). The molecule has 1 unspecified atom stereocenters. The second-order valence-corrected chi connectivity index (χ2v) is 3.95. The van der Waals surface area contributed by atoms with Gasteiger partial charge < -0.3 is 15.2 Å². The predicted molar refractivity (Wildman–Crippen MR) is 71.9 cm³/mol. The van der Waals surface area contributed by atoms with Crippen LogP contribution in [0.1, 0.15) is 11.6 Å². The largest absolute Gasteiger partial charge is 0.468 e. The average molecular weight is 257 g/mol. The van der Waals surface area contributed by atoms with Crippen molar-refractivity contribution >= 4 is 5.97 Å². The van der Waals surface area contributed by atoms with Gasteiger partial charge in [-0.2, -0.15) is 0 Å². The number of methoxy groups -OCH3 is 1. The van der Waals surface area contributed by atoms with Gasteiger partial charge in [0.1, 0.15) is 17.5 Å². The highest BCUT2D eigenvalue weighted by molar-refractivity contribution is 5.78. The van der Waals surface area contributed by atoms with E-state index in [1.807, 2.05) is 36.4 Å². The van der Waals surface area contributed by atoms with Crippen LogP contribution in [0.25, 0.3) is 0 Å². The summed E-state index contributed by atoms with van der Waals surface area (Å²) >= 11 is 0. The fraction of sp³-hybridized carbons (Fsp3) is 0.133. The molecule has 2 aromatic carbocycles. The highest BCUT2D eigenvalue weighted by Crippen LogP contribution is 2.28. The minimum absolute atomic E-state index is 0.496. The van der Waals surface area contributed by atoms with Crippen LogP contribution in [0.3, 0.4) is 0 Å². The SMILES string of the molecule is COC(=O)C(N)c1ccccc1Oc1ccccc1. The molecule has 1 atom stereocenters. The summed E-state index contributed by atoms with van der Waals surface area (Å²) in [6.45, 7) is 0. The molecule has 98 valence electrons. The number of ether oxygens (including phenoxy) is 2. The van der Waals surface area contributed by atoms with Gasteiger partial charge in [-0.25, -0.2) is 0 Å². The highest BCUT2D eigenvalue weighted by atomic mass is 16.5. The number of carbonyl (C=O) groups excluding carboxylic acids is 1. The smallest absolute Gasteiger partial charge is 0.327 e. The molecular formula is C15H15NO3. The fourth-order valence-corrected chi connectivity index (χ4v) is 1.70. The molecule has 0 aliphatic carbocycles. The quantitative estimate of drug-likeness (QED) is 0.855. The average Bonchev–Trinajstić information content (AvgIpc) is 2.47. The van der Waals surface area contributed by atoms with Crippen molar-refractivity contribution < 1.29 is 14.3 Å². The van der Waals surface area contributed by atoms with Gasteiger partial charge in [-0.3, -0.25) is 4.79 Å². The molecule has 2 N–H and O–H groups in total. The van der Waals surface area contributed by atoms with Gasteiger partial charge in [-0.05, 0) is 18.2 Å². The number of carbonyl (C=O) groups is 1. The summed E-state index contributed by atoms with van der Waals surface area (Å²) in [6, 6.07) is 15.6. The minimum atomic E-state index is -0.857. The Morgan fingerprint density at radius 2 is 1.68 bits per heavy atom. The van der Waals surface area contributed by atoms with Gasteiger partial charge in [0.15, 0.2) is 0 Å². The zero-order chi connectivity index (χ0) is 13.7. The van der Waals surface area contributed by atoms with Crippen LogP contribution in [0.4, 0.5) is 0 Å². The molecule has 4 nitrogen and oxygen atoms in total. The lowest BCUT2D eigenvalue weighted by Crippen LogP contribution is -2.23. The van der Waals surface area contributed by atoms with Crippen LogP contribution in [0.15, 0.2) is 54.6 Å². The maximum Gasteiger partial charge on any atom is 0.327 e. The van der Waals surface area contributed by atoms with Crippen molar-refractivity contribution in [3.63, 3.8) is 0 Å². The van der Waals surface area contributed by atoms with E-state index in [0.717, 1.165) is 0 Å². The Morgan fingerprint density at radius 1 is 1.05 bits per heavy atom. The second-order valence-electron chi connectivity index (χ2n) is 3.95.